The molecule has 0 atom stereocenters. The lowest BCUT2D eigenvalue weighted by atomic mass is 9.86. The number of rotatable bonds is 8. The summed E-state index contributed by atoms with van der Waals surface area (Å²) < 4.78 is 36.6. The van der Waals surface area contributed by atoms with Gasteiger partial charge in [0.15, 0.2) is 0 Å². The Kier molecular flexibility index (Phi) is 5.28. The zero-order valence-corrected chi connectivity index (χ0v) is 14.3. The van der Waals surface area contributed by atoms with Gasteiger partial charge in [0, 0.05) is 18.5 Å². The zero-order chi connectivity index (χ0) is 17.1. The number of hydrogen-bond acceptors (Lipinski definition) is 5. The number of hydrogen-bond donors (Lipinski definition) is 2. The van der Waals surface area contributed by atoms with Gasteiger partial charge in [-0.2, -0.15) is 0 Å². The summed E-state index contributed by atoms with van der Waals surface area (Å²) >= 11 is 0. The Labute approximate surface area is 136 Å². The molecule has 0 aromatic heterocycles. The van der Waals surface area contributed by atoms with Gasteiger partial charge in [-0.15, -0.1) is 0 Å². The van der Waals surface area contributed by atoms with Crippen LogP contribution in [-0.2, 0) is 29.7 Å². The molecule has 0 saturated heterocycles. The number of methoxy groups -OCH3 is 1. The number of anilines is 2. The van der Waals surface area contributed by atoms with Gasteiger partial charge in [0.2, 0.25) is 15.9 Å². The van der Waals surface area contributed by atoms with Gasteiger partial charge in [-0.05, 0) is 37.6 Å². The minimum Gasteiger partial charge on any atom is -0.382 e. The lowest BCUT2D eigenvalue weighted by Gasteiger charge is -2.16. The molecule has 1 aliphatic rings. The molecule has 0 radical (unpaired) electrons. The molecule has 128 valence electrons. The summed E-state index contributed by atoms with van der Waals surface area (Å²) in [6.45, 7) is 4.47. The molecule has 1 aliphatic heterocycles. The fourth-order valence-corrected chi connectivity index (χ4v) is 3.20. The van der Waals surface area contributed by atoms with Crippen molar-refractivity contribution in [3.63, 3.8) is 0 Å². The average Bonchev–Trinajstić information content (AvgIpc) is 2.69. The molecular weight excluding hydrogens is 320 g/mol. The Morgan fingerprint density at radius 1 is 1.22 bits per heavy atom. The highest BCUT2D eigenvalue weighted by Gasteiger charge is 2.38. The predicted octanol–water partition coefficient (Wildman–Crippen LogP) is 1.32. The van der Waals surface area contributed by atoms with Crippen LogP contribution in [0, 0.1) is 0 Å². The second-order valence-electron chi connectivity index (χ2n) is 5.87. The summed E-state index contributed by atoms with van der Waals surface area (Å²) in [6.07, 6.45) is 0. The van der Waals surface area contributed by atoms with E-state index < -0.39 is 15.4 Å². The first-order valence-electron chi connectivity index (χ1n) is 7.29. The quantitative estimate of drug-likeness (QED) is 0.695. The predicted molar refractivity (Wildman–Crippen MR) is 88.2 cm³/mol. The number of nitrogens with one attached hydrogen (secondary N) is 2. The van der Waals surface area contributed by atoms with Gasteiger partial charge in [0.05, 0.1) is 31.0 Å². The second-order valence-corrected chi connectivity index (χ2v) is 7.71. The molecule has 1 amide bonds. The third-order valence-electron chi connectivity index (χ3n) is 3.71. The molecule has 0 saturated carbocycles. The highest BCUT2D eigenvalue weighted by Crippen LogP contribution is 2.38. The first-order chi connectivity index (χ1) is 10.8. The average molecular weight is 342 g/mol. The fraction of sp³-hybridized carbons (Fsp3) is 0.533. The molecule has 2 rings (SSSR count). The Bertz CT molecular complexity index is 685. The van der Waals surface area contributed by atoms with E-state index in [1.807, 2.05) is 0 Å². The second kappa shape index (κ2) is 6.86. The third-order valence-corrected chi connectivity index (χ3v) is 4.96. The van der Waals surface area contributed by atoms with Crippen LogP contribution in [0.1, 0.15) is 19.4 Å². The van der Waals surface area contributed by atoms with E-state index in [-0.39, 0.29) is 18.3 Å². The number of sulfonamides is 1. The van der Waals surface area contributed by atoms with Gasteiger partial charge in [0.25, 0.3) is 0 Å². The van der Waals surface area contributed by atoms with E-state index in [0.29, 0.717) is 24.6 Å². The molecule has 1 aromatic carbocycles. The molecule has 2 N–H and O–H groups in total. The molecule has 7 nitrogen and oxygen atoms in total. The van der Waals surface area contributed by atoms with E-state index in [0.717, 1.165) is 5.56 Å². The SMILES string of the molecule is COCCOCCS(=O)(=O)Nc1ccc2c(c1)C(C)(C)C(=O)N2. The highest BCUT2D eigenvalue weighted by atomic mass is 32.2. The minimum atomic E-state index is -3.51. The number of carbonyl (C=O) groups excluding carboxylic acids is 1. The summed E-state index contributed by atoms with van der Waals surface area (Å²) in [5.41, 5.74) is 1.25. The van der Waals surface area contributed by atoms with Gasteiger partial charge in [0.1, 0.15) is 0 Å². The van der Waals surface area contributed by atoms with Crippen molar-refractivity contribution in [2.24, 2.45) is 0 Å². The summed E-state index contributed by atoms with van der Waals surface area (Å²) in [4.78, 5) is 11.9. The first kappa shape index (κ1) is 17.7. The van der Waals surface area contributed by atoms with E-state index in [9.17, 15) is 13.2 Å². The van der Waals surface area contributed by atoms with E-state index in [1.165, 1.54) is 0 Å². The standard InChI is InChI=1S/C15H22N2O5S/c1-15(2)12-10-11(4-5-13(12)16-14(15)18)17-23(19,20)9-8-22-7-6-21-3/h4-5,10,17H,6-9H2,1-3H3,(H,16,18). The molecule has 1 aromatic rings. The summed E-state index contributed by atoms with van der Waals surface area (Å²) in [5, 5.41) is 2.78. The van der Waals surface area contributed by atoms with Crippen LogP contribution in [0.15, 0.2) is 18.2 Å². The van der Waals surface area contributed by atoms with E-state index in [1.54, 1.807) is 39.2 Å². The molecule has 0 unspecified atom stereocenters. The van der Waals surface area contributed by atoms with Gasteiger partial charge in [-0.3, -0.25) is 9.52 Å². The van der Waals surface area contributed by atoms with Gasteiger partial charge >= 0.3 is 0 Å². The van der Waals surface area contributed by atoms with Crippen molar-refractivity contribution >= 4 is 27.3 Å². The lowest BCUT2D eigenvalue weighted by Crippen LogP contribution is -2.27. The van der Waals surface area contributed by atoms with Crippen molar-refractivity contribution in [2.75, 3.05) is 42.7 Å². The van der Waals surface area contributed by atoms with Crippen LogP contribution < -0.4 is 10.0 Å². The maximum Gasteiger partial charge on any atom is 0.234 e. The van der Waals surface area contributed by atoms with Crippen molar-refractivity contribution in [2.45, 2.75) is 19.3 Å². The number of fused-ring (bicyclic) bond motifs is 1. The topological polar surface area (TPSA) is 93.7 Å². The third kappa shape index (κ3) is 4.21. The Hall–Kier alpha value is -1.64. The first-order valence-corrected chi connectivity index (χ1v) is 8.94. The molecule has 0 bridgehead atoms. The largest absolute Gasteiger partial charge is 0.382 e. The Balaban J connectivity index is 2.01. The zero-order valence-electron chi connectivity index (χ0n) is 13.5. The molecule has 0 aliphatic carbocycles. The van der Waals surface area contributed by atoms with Crippen molar-refractivity contribution < 1.29 is 22.7 Å². The van der Waals surface area contributed by atoms with Gasteiger partial charge < -0.3 is 14.8 Å². The Morgan fingerprint density at radius 2 is 1.96 bits per heavy atom. The van der Waals surface area contributed by atoms with Crippen LogP contribution in [0.2, 0.25) is 0 Å². The van der Waals surface area contributed by atoms with E-state index >= 15 is 0 Å². The van der Waals surface area contributed by atoms with Crippen LogP contribution >= 0.6 is 0 Å². The highest BCUT2D eigenvalue weighted by molar-refractivity contribution is 7.92. The number of amides is 1. The van der Waals surface area contributed by atoms with Crippen LogP contribution in [0.5, 0.6) is 0 Å². The lowest BCUT2D eigenvalue weighted by molar-refractivity contribution is -0.119. The number of benzene rings is 1. The molecule has 1 heterocycles. The van der Waals surface area contributed by atoms with Crippen molar-refractivity contribution in [1.29, 1.82) is 0 Å². The van der Waals surface area contributed by atoms with Crippen molar-refractivity contribution in [3.05, 3.63) is 23.8 Å². The molecule has 0 spiro atoms. The fourth-order valence-electron chi connectivity index (χ4n) is 2.28. The van der Waals surface area contributed by atoms with Crippen LogP contribution in [0.4, 0.5) is 11.4 Å². The number of ether oxygens (including phenoxy) is 2. The van der Waals surface area contributed by atoms with E-state index in [2.05, 4.69) is 10.0 Å². The van der Waals surface area contributed by atoms with Crippen LogP contribution in [0.3, 0.4) is 0 Å². The summed E-state index contributed by atoms with van der Waals surface area (Å²) in [5.74, 6) is -0.243. The molecule has 8 heteroatoms. The molecular formula is C15H22N2O5S. The Morgan fingerprint density at radius 3 is 2.65 bits per heavy atom. The van der Waals surface area contributed by atoms with Crippen LogP contribution in [-0.4, -0.2) is 47.0 Å². The molecule has 0 fully saturated rings. The summed E-state index contributed by atoms with van der Waals surface area (Å²) in [6, 6.07) is 5.02. The van der Waals surface area contributed by atoms with E-state index in [4.69, 9.17) is 9.47 Å². The van der Waals surface area contributed by atoms with Crippen LogP contribution in [0.25, 0.3) is 0 Å². The maximum absolute atomic E-state index is 12.1. The normalized spacial score (nSPS) is 16.0. The maximum atomic E-state index is 12.1. The van der Waals surface area contributed by atoms with Crippen molar-refractivity contribution in [3.8, 4) is 0 Å². The van der Waals surface area contributed by atoms with Crippen molar-refractivity contribution in [1.82, 2.24) is 0 Å². The monoisotopic (exact) mass is 342 g/mol. The van der Waals surface area contributed by atoms with Gasteiger partial charge in [-0.1, -0.05) is 0 Å². The number of carbonyl (C=O) groups is 1. The molecule has 23 heavy (non-hydrogen) atoms. The minimum absolute atomic E-state index is 0.0924. The smallest absolute Gasteiger partial charge is 0.234 e. The van der Waals surface area contributed by atoms with Gasteiger partial charge in [-0.25, -0.2) is 8.42 Å². The summed E-state index contributed by atoms with van der Waals surface area (Å²) in [7, 11) is -1.96.